The molecule has 2 rings (SSSR count). The van der Waals surface area contributed by atoms with E-state index in [1.165, 1.54) is 18.2 Å². The summed E-state index contributed by atoms with van der Waals surface area (Å²) in [4.78, 5) is 11.1. The molecular weight excluding hydrogens is 327 g/mol. The van der Waals surface area contributed by atoms with Gasteiger partial charge in [0.15, 0.2) is 0 Å². The van der Waals surface area contributed by atoms with E-state index in [2.05, 4.69) is 5.32 Å². The van der Waals surface area contributed by atoms with Gasteiger partial charge in [0.1, 0.15) is 6.04 Å². The normalized spacial score (nSPS) is 20.8. The molecule has 1 aliphatic rings. The van der Waals surface area contributed by atoms with Gasteiger partial charge in [0.2, 0.25) is 10.0 Å². The van der Waals surface area contributed by atoms with Gasteiger partial charge in [-0.3, -0.25) is 4.79 Å². The molecule has 1 saturated heterocycles. The molecule has 0 spiro atoms. The third kappa shape index (κ3) is 3.07. The lowest BCUT2D eigenvalue weighted by molar-refractivity contribution is -0.141. The maximum atomic E-state index is 12.5. The van der Waals surface area contributed by atoms with E-state index in [1.54, 1.807) is 0 Å². The van der Waals surface area contributed by atoms with E-state index in [1.807, 2.05) is 0 Å². The number of piperazine rings is 1. The highest BCUT2D eigenvalue weighted by Gasteiger charge is 2.37. The Balaban J connectivity index is 2.44. The number of nitrogens with one attached hydrogen (secondary N) is 1. The van der Waals surface area contributed by atoms with E-state index in [4.69, 9.17) is 28.3 Å². The second-order valence-electron chi connectivity index (χ2n) is 4.28. The quantitative estimate of drug-likeness (QED) is 0.859. The summed E-state index contributed by atoms with van der Waals surface area (Å²) in [6.45, 7) is 0.517. The summed E-state index contributed by atoms with van der Waals surface area (Å²) in [6.07, 6.45) is 0. The van der Waals surface area contributed by atoms with Crippen LogP contribution in [0, 0.1) is 0 Å². The zero-order valence-corrected chi connectivity index (χ0v) is 12.5. The average Bonchev–Trinajstić information content (AvgIpc) is 2.37. The van der Waals surface area contributed by atoms with Gasteiger partial charge in [-0.25, -0.2) is 8.42 Å². The Morgan fingerprint density at radius 3 is 2.45 bits per heavy atom. The van der Waals surface area contributed by atoms with Crippen molar-refractivity contribution in [1.82, 2.24) is 9.62 Å². The summed E-state index contributed by atoms with van der Waals surface area (Å²) in [5.41, 5.74) is 0. The van der Waals surface area contributed by atoms with E-state index in [0.717, 1.165) is 4.31 Å². The number of carboxylic acids is 1. The third-order valence-electron chi connectivity index (χ3n) is 2.92. The second-order valence-corrected chi connectivity index (χ2v) is 7.04. The number of sulfonamides is 1. The van der Waals surface area contributed by atoms with Crippen molar-refractivity contribution in [1.29, 1.82) is 0 Å². The van der Waals surface area contributed by atoms with Gasteiger partial charge in [-0.15, -0.1) is 0 Å². The second kappa shape index (κ2) is 5.87. The molecule has 1 aromatic rings. The van der Waals surface area contributed by atoms with E-state index in [0.29, 0.717) is 6.54 Å². The molecule has 0 bridgehead atoms. The van der Waals surface area contributed by atoms with E-state index >= 15 is 0 Å². The molecule has 20 heavy (non-hydrogen) atoms. The molecule has 0 aliphatic carbocycles. The molecule has 6 nitrogen and oxygen atoms in total. The predicted octanol–water partition coefficient (Wildman–Crippen LogP) is 1.04. The molecule has 1 aliphatic heterocycles. The largest absolute Gasteiger partial charge is 0.480 e. The van der Waals surface area contributed by atoms with Crippen LogP contribution in [-0.2, 0) is 14.8 Å². The van der Waals surface area contributed by atoms with Crippen LogP contribution in [0.3, 0.4) is 0 Å². The Hall–Kier alpha value is -0.860. The van der Waals surface area contributed by atoms with Gasteiger partial charge in [-0.1, -0.05) is 23.2 Å². The van der Waals surface area contributed by atoms with Gasteiger partial charge < -0.3 is 10.4 Å². The zero-order valence-electron chi connectivity index (χ0n) is 10.2. The summed E-state index contributed by atoms with van der Waals surface area (Å²) in [5.74, 6) is -1.20. The van der Waals surface area contributed by atoms with Crippen molar-refractivity contribution in [3.63, 3.8) is 0 Å². The monoisotopic (exact) mass is 338 g/mol. The van der Waals surface area contributed by atoms with Crippen LogP contribution in [0.15, 0.2) is 23.1 Å². The van der Waals surface area contributed by atoms with Crippen molar-refractivity contribution in [2.75, 3.05) is 19.6 Å². The Kier molecular flexibility index (Phi) is 4.55. The van der Waals surface area contributed by atoms with Gasteiger partial charge >= 0.3 is 5.97 Å². The highest BCUT2D eigenvalue weighted by Crippen LogP contribution is 2.26. The van der Waals surface area contributed by atoms with E-state index in [9.17, 15) is 13.2 Å². The molecule has 0 saturated carbocycles. The van der Waals surface area contributed by atoms with Crippen LogP contribution in [0.4, 0.5) is 0 Å². The molecule has 1 heterocycles. The predicted molar refractivity (Wildman–Crippen MR) is 74.6 cm³/mol. The summed E-state index contributed by atoms with van der Waals surface area (Å²) < 4.78 is 26.0. The number of halogens is 2. The third-order valence-corrected chi connectivity index (χ3v) is 5.24. The van der Waals surface area contributed by atoms with Crippen LogP contribution in [-0.4, -0.2) is 49.5 Å². The number of benzene rings is 1. The first-order valence-corrected chi connectivity index (χ1v) is 7.93. The van der Waals surface area contributed by atoms with Gasteiger partial charge in [0, 0.05) is 29.7 Å². The maximum absolute atomic E-state index is 12.5. The lowest BCUT2D eigenvalue weighted by atomic mass is 10.2. The maximum Gasteiger partial charge on any atom is 0.323 e. The molecule has 1 unspecified atom stereocenters. The lowest BCUT2D eigenvalue weighted by Gasteiger charge is -2.32. The first-order valence-electron chi connectivity index (χ1n) is 5.74. The Labute approximate surface area is 126 Å². The van der Waals surface area contributed by atoms with Crippen molar-refractivity contribution in [3.8, 4) is 0 Å². The Morgan fingerprint density at radius 2 is 1.90 bits per heavy atom. The minimum atomic E-state index is -3.96. The van der Waals surface area contributed by atoms with E-state index in [-0.39, 0.29) is 28.0 Å². The number of carboxylic acid groups (broad SMARTS) is 1. The van der Waals surface area contributed by atoms with Gasteiger partial charge in [-0.2, -0.15) is 4.31 Å². The van der Waals surface area contributed by atoms with Crippen molar-refractivity contribution in [2.24, 2.45) is 0 Å². The molecule has 1 aromatic carbocycles. The highest BCUT2D eigenvalue weighted by molar-refractivity contribution is 7.89. The van der Waals surface area contributed by atoms with Crippen molar-refractivity contribution < 1.29 is 18.3 Å². The molecule has 110 valence electrons. The fraction of sp³-hybridized carbons (Fsp3) is 0.364. The SMILES string of the molecule is O=C(O)C1CNCCN1S(=O)(=O)c1cc(Cl)cc(Cl)c1. The van der Waals surface area contributed by atoms with Crippen molar-refractivity contribution in [3.05, 3.63) is 28.2 Å². The smallest absolute Gasteiger partial charge is 0.323 e. The Morgan fingerprint density at radius 1 is 1.30 bits per heavy atom. The molecule has 1 atom stereocenters. The summed E-state index contributed by atoms with van der Waals surface area (Å²) in [5, 5.41) is 12.3. The molecule has 2 N–H and O–H groups in total. The number of aliphatic carboxylic acids is 1. The van der Waals surface area contributed by atoms with Gasteiger partial charge in [0.25, 0.3) is 0 Å². The van der Waals surface area contributed by atoms with Gasteiger partial charge in [-0.05, 0) is 18.2 Å². The first-order chi connectivity index (χ1) is 9.32. The molecular formula is C11H12Cl2N2O4S. The lowest BCUT2D eigenvalue weighted by Crippen LogP contribution is -2.56. The van der Waals surface area contributed by atoms with Gasteiger partial charge in [0.05, 0.1) is 4.90 Å². The minimum Gasteiger partial charge on any atom is -0.480 e. The molecule has 0 amide bonds. The van der Waals surface area contributed by atoms with Crippen LogP contribution in [0.1, 0.15) is 0 Å². The number of hydrogen-bond donors (Lipinski definition) is 2. The summed E-state index contributed by atoms with van der Waals surface area (Å²) in [6, 6.07) is 2.77. The molecule has 0 radical (unpaired) electrons. The van der Waals surface area contributed by atoms with Crippen LogP contribution >= 0.6 is 23.2 Å². The Bertz CT molecular complexity index is 615. The number of nitrogens with zero attached hydrogens (tertiary/aromatic N) is 1. The fourth-order valence-electron chi connectivity index (χ4n) is 2.00. The minimum absolute atomic E-state index is 0.0584. The summed E-state index contributed by atoms with van der Waals surface area (Å²) in [7, 11) is -3.96. The average molecular weight is 339 g/mol. The van der Waals surface area contributed by atoms with Crippen LogP contribution in [0.25, 0.3) is 0 Å². The molecule has 1 fully saturated rings. The molecule has 9 heteroatoms. The standard InChI is InChI=1S/C11H12Cl2N2O4S/c12-7-3-8(13)5-9(4-7)20(18,19)15-2-1-14-6-10(15)11(16)17/h3-5,10,14H,1-2,6H2,(H,16,17). The van der Waals surface area contributed by atoms with Crippen molar-refractivity contribution >= 4 is 39.2 Å². The number of rotatable bonds is 3. The zero-order chi connectivity index (χ0) is 14.9. The van der Waals surface area contributed by atoms with E-state index < -0.39 is 22.0 Å². The fourth-order valence-corrected chi connectivity index (χ4v) is 4.31. The number of carbonyl (C=O) groups is 1. The molecule has 0 aromatic heterocycles. The number of hydrogen-bond acceptors (Lipinski definition) is 4. The van der Waals surface area contributed by atoms with Crippen LogP contribution in [0.5, 0.6) is 0 Å². The van der Waals surface area contributed by atoms with Crippen LogP contribution < -0.4 is 5.32 Å². The first kappa shape index (κ1) is 15.5. The van der Waals surface area contributed by atoms with Crippen LogP contribution in [0.2, 0.25) is 10.0 Å². The summed E-state index contributed by atoms with van der Waals surface area (Å²) >= 11 is 11.6. The topological polar surface area (TPSA) is 86.7 Å². The highest BCUT2D eigenvalue weighted by atomic mass is 35.5. The van der Waals surface area contributed by atoms with Crippen molar-refractivity contribution in [2.45, 2.75) is 10.9 Å².